The van der Waals surface area contributed by atoms with Crippen LogP contribution in [0, 0.1) is 10.1 Å². The molecule has 11 heteroatoms. The second-order valence-electron chi connectivity index (χ2n) is 6.82. The first-order valence-corrected chi connectivity index (χ1v) is 10.6. The fourth-order valence-electron chi connectivity index (χ4n) is 3.06. The molecule has 0 bridgehead atoms. The third-order valence-corrected chi connectivity index (χ3v) is 6.22. The number of benzene rings is 2. The molecule has 2 N–H and O–H groups in total. The van der Waals surface area contributed by atoms with Gasteiger partial charge in [0.15, 0.2) is 0 Å². The summed E-state index contributed by atoms with van der Waals surface area (Å²) in [5.74, 6) is 0. The van der Waals surface area contributed by atoms with Crippen LogP contribution in [0.1, 0.15) is 12.0 Å². The van der Waals surface area contributed by atoms with E-state index in [2.05, 4.69) is 4.72 Å². The molecule has 1 fully saturated rings. The van der Waals surface area contributed by atoms with Gasteiger partial charge in [0.2, 0.25) is 10.0 Å². The lowest BCUT2D eigenvalue weighted by Crippen LogP contribution is -2.55. The van der Waals surface area contributed by atoms with Gasteiger partial charge in [-0.25, -0.2) is 17.9 Å². The van der Waals surface area contributed by atoms with Crippen LogP contribution in [0.3, 0.4) is 0 Å². The lowest BCUT2D eigenvalue weighted by Gasteiger charge is -2.35. The van der Waals surface area contributed by atoms with Crippen molar-refractivity contribution in [2.75, 3.05) is 13.1 Å². The maximum atomic E-state index is 12.5. The van der Waals surface area contributed by atoms with Crippen molar-refractivity contribution in [3.63, 3.8) is 0 Å². The number of likely N-dealkylation sites (tertiary alicyclic amines) is 1. The fraction of sp³-hybridized carbons (Fsp3) is 0.316. The standard InChI is InChI=1S/C19H21N3O7S/c23-18-12-21(19(24)29-13-14-4-2-1-3-5-14)11-10-17(18)20-30(27,28)16-8-6-15(7-9-16)22(25)26/h1-9,17-18,20,23H,10-13H2/t17-,18+/m0/s1. The molecule has 3 rings (SSSR count). The van der Waals surface area contributed by atoms with Crippen molar-refractivity contribution in [3.05, 3.63) is 70.3 Å². The van der Waals surface area contributed by atoms with Crippen molar-refractivity contribution >= 4 is 21.8 Å². The molecule has 0 unspecified atom stereocenters. The molecular formula is C19H21N3O7S. The number of nitro groups is 1. The Balaban J connectivity index is 1.55. The number of carbonyl (C=O) groups is 1. The van der Waals surface area contributed by atoms with Crippen LogP contribution in [0.25, 0.3) is 0 Å². The van der Waals surface area contributed by atoms with E-state index >= 15 is 0 Å². The van der Waals surface area contributed by atoms with Crippen LogP contribution in [0.2, 0.25) is 0 Å². The van der Waals surface area contributed by atoms with E-state index < -0.39 is 33.2 Å². The number of non-ortho nitro benzene ring substituents is 1. The summed E-state index contributed by atoms with van der Waals surface area (Å²) in [5, 5.41) is 21.0. The Morgan fingerprint density at radius 1 is 1.20 bits per heavy atom. The van der Waals surface area contributed by atoms with Gasteiger partial charge in [0, 0.05) is 18.7 Å². The predicted octanol–water partition coefficient (Wildman–Crippen LogP) is 1.65. The third kappa shape index (κ3) is 5.32. The summed E-state index contributed by atoms with van der Waals surface area (Å²) >= 11 is 0. The molecule has 2 aromatic rings. The van der Waals surface area contributed by atoms with Gasteiger partial charge in [-0.15, -0.1) is 0 Å². The van der Waals surface area contributed by atoms with Crippen LogP contribution in [-0.2, 0) is 21.4 Å². The zero-order chi connectivity index (χ0) is 21.7. The van der Waals surface area contributed by atoms with Crippen molar-refractivity contribution in [2.45, 2.75) is 30.1 Å². The highest BCUT2D eigenvalue weighted by atomic mass is 32.2. The number of β-amino-alcohol motifs (C(OH)–C–C–N with tert-alkyl or cyclic N) is 1. The second kappa shape index (κ2) is 9.20. The van der Waals surface area contributed by atoms with Gasteiger partial charge < -0.3 is 14.7 Å². The molecule has 1 aliphatic rings. The molecule has 1 aliphatic heterocycles. The number of hydrogen-bond acceptors (Lipinski definition) is 7. The number of hydrogen-bond donors (Lipinski definition) is 2. The normalized spacial score (nSPS) is 19.3. The number of ether oxygens (including phenoxy) is 1. The van der Waals surface area contributed by atoms with Gasteiger partial charge in [-0.3, -0.25) is 10.1 Å². The number of sulfonamides is 1. The summed E-state index contributed by atoms with van der Waals surface area (Å²) in [7, 11) is -3.99. The SMILES string of the molecule is O=C(OCc1ccccc1)N1CC[C@H](NS(=O)(=O)c2ccc([N+](=O)[O-])cc2)[C@H](O)C1. The van der Waals surface area contributed by atoms with E-state index in [1.807, 2.05) is 30.3 Å². The monoisotopic (exact) mass is 435 g/mol. The molecule has 2 atom stereocenters. The predicted molar refractivity (Wildman–Crippen MR) is 106 cm³/mol. The first-order valence-electron chi connectivity index (χ1n) is 9.17. The summed E-state index contributed by atoms with van der Waals surface area (Å²) in [6.07, 6.45) is -1.53. The number of carbonyl (C=O) groups excluding carboxylic acids is 1. The van der Waals surface area contributed by atoms with Crippen molar-refractivity contribution in [3.8, 4) is 0 Å². The first kappa shape index (κ1) is 21.7. The summed E-state index contributed by atoms with van der Waals surface area (Å²) < 4.78 is 32.6. The molecular weight excluding hydrogens is 414 g/mol. The zero-order valence-electron chi connectivity index (χ0n) is 15.9. The van der Waals surface area contributed by atoms with Gasteiger partial charge in [-0.05, 0) is 24.1 Å². The molecule has 10 nitrogen and oxygen atoms in total. The molecule has 160 valence electrons. The Hall–Kier alpha value is -3.02. The van der Waals surface area contributed by atoms with E-state index in [0.29, 0.717) is 0 Å². The lowest BCUT2D eigenvalue weighted by atomic mass is 10.0. The van der Waals surface area contributed by atoms with E-state index in [9.17, 15) is 28.4 Å². The average Bonchev–Trinajstić information content (AvgIpc) is 2.74. The molecule has 0 spiro atoms. The van der Waals surface area contributed by atoms with Crippen LogP contribution in [-0.4, -0.2) is 54.7 Å². The highest BCUT2D eigenvalue weighted by molar-refractivity contribution is 7.89. The van der Waals surface area contributed by atoms with Gasteiger partial charge in [0.05, 0.1) is 28.5 Å². The van der Waals surface area contributed by atoms with Crippen LogP contribution >= 0.6 is 0 Å². The Bertz CT molecular complexity index is 997. The summed E-state index contributed by atoms with van der Waals surface area (Å²) in [4.78, 5) is 23.5. The molecule has 0 aliphatic carbocycles. The minimum absolute atomic E-state index is 0.0823. The van der Waals surface area contributed by atoms with Crippen molar-refractivity contribution in [2.24, 2.45) is 0 Å². The van der Waals surface area contributed by atoms with Gasteiger partial charge in [-0.1, -0.05) is 30.3 Å². The third-order valence-electron chi connectivity index (χ3n) is 4.71. The number of nitrogens with one attached hydrogen (secondary N) is 1. The maximum absolute atomic E-state index is 12.5. The minimum atomic E-state index is -3.99. The number of piperidine rings is 1. The molecule has 2 aromatic carbocycles. The minimum Gasteiger partial charge on any atom is -0.445 e. The number of amides is 1. The highest BCUT2D eigenvalue weighted by Gasteiger charge is 2.34. The van der Waals surface area contributed by atoms with E-state index in [0.717, 1.165) is 29.8 Å². The van der Waals surface area contributed by atoms with Gasteiger partial charge in [-0.2, -0.15) is 0 Å². The van der Waals surface area contributed by atoms with Crippen molar-refractivity contribution < 1.29 is 28.0 Å². The van der Waals surface area contributed by atoms with Gasteiger partial charge in [0.25, 0.3) is 5.69 Å². The van der Waals surface area contributed by atoms with Crippen LogP contribution in [0.4, 0.5) is 10.5 Å². The molecule has 1 saturated heterocycles. The van der Waals surface area contributed by atoms with Crippen LogP contribution in [0.15, 0.2) is 59.5 Å². The lowest BCUT2D eigenvalue weighted by molar-refractivity contribution is -0.384. The zero-order valence-corrected chi connectivity index (χ0v) is 16.7. The summed E-state index contributed by atoms with van der Waals surface area (Å²) in [6.45, 7) is 0.224. The number of nitro benzene ring substituents is 1. The van der Waals surface area contributed by atoms with E-state index in [4.69, 9.17) is 4.74 Å². The Labute approximate surface area is 173 Å². The first-order chi connectivity index (χ1) is 14.3. The van der Waals surface area contributed by atoms with E-state index in [1.54, 1.807) is 0 Å². The summed E-state index contributed by atoms with van der Waals surface area (Å²) in [5.41, 5.74) is 0.605. The highest BCUT2D eigenvalue weighted by Crippen LogP contribution is 2.19. The quantitative estimate of drug-likeness (QED) is 0.519. The number of aliphatic hydroxyl groups excluding tert-OH is 1. The van der Waals surface area contributed by atoms with Gasteiger partial charge >= 0.3 is 6.09 Å². The smallest absolute Gasteiger partial charge is 0.410 e. The number of nitrogens with zero attached hydrogens (tertiary/aromatic N) is 2. The van der Waals surface area contributed by atoms with E-state index in [-0.39, 0.29) is 36.7 Å². The topological polar surface area (TPSA) is 139 Å². The molecule has 0 saturated carbocycles. The number of rotatable bonds is 6. The Morgan fingerprint density at radius 3 is 2.47 bits per heavy atom. The molecule has 1 heterocycles. The Kier molecular flexibility index (Phi) is 6.65. The number of aliphatic hydroxyl groups is 1. The molecule has 1 amide bonds. The fourth-order valence-corrected chi connectivity index (χ4v) is 4.36. The van der Waals surface area contributed by atoms with Gasteiger partial charge in [0.1, 0.15) is 6.61 Å². The molecule has 30 heavy (non-hydrogen) atoms. The van der Waals surface area contributed by atoms with E-state index in [1.165, 1.54) is 4.90 Å². The summed E-state index contributed by atoms with van der Waals surface area (Å²) in [6, 6.07) is 12.8. The average molecular weight is 435 g/mol. The molecule has 0 aromatic heterocycles. The van der Waals surface area contributed by atoms with Crippen molar-refractivity contribution in [1.82, 2.24) is 9.62 Å². The second-order valence-corrected chi connectivity index (χ2v) is 8.53. The van der Waals surface area contributed by atoms with Crippen LogP contribution in [0.5, 0.6) is 0 Å². The van der Waals surface area contributed by atoms with Crippen LogP contribution < -0.4 is 4.72 Å². The largest absolute Gasteiger partial charge is 0.445 e. The molecule has 0 radical (unpaired) electrons. The maximum Gasteiger partial charge on any atom is 0.410 e. The Morgan fingerprint density at radius 2 is 1.87 bits per heavy atom. The van der Waals surface area contributed by atoms with Crippen molar-refractivity contribution in [1.29, 1.82) is 0 Å².